The van der Waals surface area contributed by atoms with Gasteiger partial charge in [0, 0.05) is 20.1 Å². The highest BCUT2D eigenvalue weighted by Crippen LogP contribution is 2.10. The van der Waals surface area contributed by atoms with E-state index in [1.54, 1.807) is 37.1 Å². The minimum Gasteiger partial charge on any atom is -0.385 e. The molecule has 0 radical (unpaired) electrons. The van der Waals surface area contributed by atoms with Crippen molar-refractivity contribution in [1.82, 2.24) is 0 Å². The Bertz CT molecular complexity index is 355. The molecule has 1 aromatic carbocycles. The maximum absolute atomic E-state index is 13.3. The molecule has 17 heavy (non-hydrogen) atoms. The smallest absolute Gasteiger partial charge is 0.147 e. The van der Waals surface area contributed by atoms with E-state index in [2.05, 4.69) is 0 Å². The molecule has 0 N–H and O–H groups in total. The normalized spacial score (nSPS) is 10.5. The van der Waals surface area contributed by atoms with Crippen molar-refractivity contribution >= 4 is 17.5 Å². The van der Waals surface area contributed by atoms with Crippen LogP contribution in [0.25, 0.3) is 0 Å². The Morgan fingerprint density at radius 2 is 2.18 bits per heavy atom. The van der Waals surface area contributed by atoms with E-state index in [0.29, 0.717) is 17.9 Å². The molecule has 4 heteroatoms. The topological polar surface area (TPSA) is 26.3 Å². The summed E-state index contributed by atoms with van der Waals surface area (Å²) in [5, 5.41) is 0. The Hall–Kier alpha value is -0.870. The average molecular weight is 256 g/mol. The summed E-state index contributed by atoms with van der Waals surface area (Å²) in [7, 11) is 1.66. The van der Waals surface area contributed by atoms with E-state index < -0.39 is 0 Å². The molecule has 0 saturated heterocycles. The van der Waals surface area contributed by atoms with Crippen LogP contribution in [0.3, 0.4) is 0 Å². The summed E-state index contributed by atoms with van der Waals surface area (Å²) < 4.78 is 18.2. The maximum atomic E-state index is 13.3. The molecule has 0 unspecified atom stereocenters. The van der Waals surface area contributed by atoms with Crippen molar-refractivity contribution in [3.8, 4) is 0 Å². The zero-order valence-electron chi connectivity index (χ0n) is 9.95. The predicted molar refractivity (Wildman–Crippen MR) is 68.9 cm³/mol. The third-order valence-electron chi connectivity index (χ3n) is 2.25. The number of ether oxygens (including phenoxy) is 1. The van der Waals surface area contributed by atoms with Gasteiger partial charge in [0.25, 0.3) is 0 Å². The Morgan fingerprint density at radius 3 is 2.88 bits per heavy atom. The third-order valence-corrected chi connectivity index (χ3v) is 3.35. The lowest BCUT2D eigenvalue weighted by Gasteiger charge is -2.03. The van der Waals surface area contributed by atoms with E-state index in [0.717, 1.165) is 12.2 Å². The van der Waals surface area contributed by atoms with Gasteiger partial charge in [-0.2, -0.15) is 11.8 Å². The number of carbonyl (C=O) groups excluding carboxylic acids is 1. The van der Waals surface area contributed by atoms with Gasteiger partial charge in [-0.05, 0) is 23.8 Å². The van der Waals surface area contributed by atoms with Crippen molar-refractivity contribution in [3.05, 3.63) is 35.6 Å². The molecular weight excluding hydrogens is 239 g/mol. The third kappa shape index (κ3) is 5.84. The number of hydrogen-bond donors (Lipinski definition) is 0. The lowest BCUT2D eigenvalue weighted by molar-refractivity contribution is -0.116. The molecule has 0 saturated carbocycles. The number of hydrogen-bond acceptors (Lipinski definition) is 3. The second kappa shape index (κ2) is 8.25. The fourth-order valence-corrected chi connectivity index (χ4v) is 2.19. The number of benzene rings is 1. The van der Waals surface area contributed by atoms with Crippen LogP contribution in [-0.4, -0.2) is 31.0 Å². The number of ketones is 1. The van der Waals surface area contributed by atoms with Crippen molar-refractivity contribution in [3.63, 3.8) is 0 Å². The molecule has 0 atom stereocenters. The highest BCUT2D eigenvalue weighted by atomic mass is 32.2. The Kier molecular flexibility index (Phi) is 6.89. The number of rotatable bonds is 8. The minimum atomic E-state index is -0.301. The second-order valence-corrected chi connectivity index (χ2v) is 4.81. The van der Waals surface area contributed by atoms with E-state index in [1.165, 1.54) is 6.07 Å². The summed E-state index contributed by atoms with van der Waals surface area (Å²) in [6.45, 7) is 0.717. The zero-order valence-corrected chi connectivity index (χ0v) is 10.8. The molecule has 0 aliphatic heterocycles. The number of thioether (sulfide) groups is 1. The first kappa shape index (κ1) is 14.2. The van der Waals surface area contributed by atoms with Crippen LogP contribution in [0.1, 0.15) is 12.0 Å². The predicted octanol–water partition coefficient (Wildman–Crippen LogP) is 2.71. The van der Waals surface area contributed by atoms with Crippen LogP contribution in [0.15, 0.2) is 24.3 Å². The summed E-state index contributed by atoms with van der Waals surface area (Å²) in [4.78, 5) is 11.6. The van der Waals surface area contributed by atoms with E-state index in [9.17, 15) is 9.18 Å². The Morgan fingerprint density at radius 1 is 1.41 bits per heavy atom. The van der Waals surface area contributed by atoms with Crippen LogP contribution in [0.4, 0.5) is 4.39 Å². The average Bonchev–Trinajstić information content (AvgIpc) is 2.32. The van der Waals surface area contributed by atoms with Crippen LogP contribution < -0.4 is 0 Å². The highest BCUT2D eigenvalue weighted by molar-refractivity contribution is 7.99. The molecular formula is C13H17FO2S. The molecule has 2 nitrogen and oxygen atoms in total. The monoisotopic (exact) mass is 256 g/mol. The summed E-state index contributed by atoms with van der Waals surface area (Å²) in [6.07, 6.45) is 1.12. The molecule has 0 aromatic heterocycles. The molecule has 0 fully saturated rings. The number of methoxy groups -OCH3 is 1. The molecule has 0 aliphatic rings. The molecule has 0 heterocycles. The Balaban J connectivity index is 2.23. The van der Waals surface area contributed by atoms with Gasteiger partial charge in [0.05, 0.1) is 5.75 Å². The SMILES string of the molecule is COCCCSCC(=O)Cc1ccccc1F. The summed E-state index contributed by atoms with van der Waals surface area (Å²) >= 11 is 1.57. The number of carbonyl (C=O) groups is 1. The quantitative estimate of drug-likeness (QED) is 0.669. The fourth-order valence-electron chi connectivity index (χ4n) is 1.40. The van der Waals surface area contributed by atoms with Crippen molar-refractivity contribution in [2.45, 2.75) is 12.8 Å². The van der Waals surface area contributed by atoms with Crippen molar-refractivity contribution in [2.24, 2.45) is 0 Å². The molecule has 1 rings (SSSR count). The van der Waals surface area contributed by atoms with Gasteiger partial charge in [-0.25, -0.2) is 4.39 Å². The van der Waals surface area contributed by atoms with E-state index >= 15 is 0 Å². The highest BCUT2D eigenvalue weighted by Gasteiger charge is 2.07. The van der Waals surface area contributed by atoms with Gasteiger partial charge < -0.3 is 4.74 Å². The van der Waals surface area contributed by atoms with E-state index in [1.807, 2.05) is 0 Å². The molecule has 94 valence electrons. The Labute approximate surface area is 106 Å². The van der Waals surface area contributed by atoms with Gasteiger partial charge in [-0.15, -0.1) is 0 Å². The van der Waals surface area contributed by atoms with Gasteiger partial charge in [-0.3, -0.25) is 4.79 Å². The first-order valence-corrected chi connectivity index (χ1v) is 6.71. The lowest BCUT2D eigenvalue weighted by atomic mass is 10.1. The molecule has 0 aliphatic carbocycles. The minimum absolute atomic E-state index is 0.0671. The molecule has 0 bridgehead atoms. The van der Waals surface area contributed by atoms with Crippen LogP contribution in [0.5, 0.6) is 0 Å². The zero-order chi connectivity index (χ0) is 12.5. The largest absolute Gasteiger partial charge is 0.385 e. The summed E-state index contributed by atoms with van der Waals surface area (Å²) in [6, 6.07) is 6.41. The fraction of sp³-hybridized carbons (Fsp3) is 0.462. The standard InChI is InChI=1S/C13H17FO2S/c1-16-7-4-8-17-10-12(15)9-11-5-2-3-6-13(11)14/h2-3,5-6H,4,7-10H2,1H3. The molecule has 0 spiro atoms. The molecule has 0 amide bonds. The number of Topliss-reactive ketones (excluding diaryl/α,β-unsaturated/α-hetero) is 1. The second-order valence-electron chi connectivity index (χ2n) is 3.71. The van der Waals surface area contributed by atoms with Crippen LogP contribution in [0, 0.1) is 5.82 Å². The van der Waals surface area contributed by atoms with E-state index in [-0.39, 0.29) is 18.0 Å². The summed E-state index contributed by atoms with van der Waals surface area (Å²) in [5.41, 5.74) is 0.481. The van der Waals surface area contributed by atoms with Gasteiger partial charge in [0.15, 0.2) is 0 Å². The van der Waals surface area contributed by atoms with Crippen molar-refractivity contribution < 1.29 is 13.9 Å². The van der Waals surface area contributed by atoms with Crippen molar-refractivity contribution in [1.29, 1.82) is 0 Å². The summed E-state index contributed by atoms with van der Waals surface area (Å²) in [5.74, 6) is 1.11. The van der Waals surface area contributed by atoms with Gasteiger partial charge in [0.2, 0.25) is 0 Å². The maximum Gasteiger partial charge on any atom is 0.147 e. The van der Waals surface area contributed by atoms with E-state index in [4.69, 9.17) is 4.74 Å². The molecule has 1 aromatic rings. The van der Waals surface area contributed by atoms with Gasteiger partial charge in [-0.1, -0.05) is 18.2 Å². The van der Waals surface area contributed by atoms with Crippen LogP contribution in [0.2, 0.25) is 0 Å². The lowest BCUT2D eigenvalue weighted by Crippen LogP contribution is -2.07. The van der Waals surface area contributed by atoms with Crippen LogP contribution in [-0.2, 0) is 16.0 Å². The van der Waals surface area contributed by atoms with Gasteiger partial charge in [0.1, 0.15) is 11.6 Å². The van der Waals surface area contributed by atoms with Crippen LogP contribution >= 0.6 is 11.8 Å². The van der Waals surface area contributed by atoms with Crippen molar-refractivity contribution in [2.75, 3.05) is 25.2 Å². The van der Waals surface area contributed by atoms with Gasteiger partial charge >= 0.3 is 0 Å². The first-order valence-electron chi connectivity index (χ1n) is 5.56. The first-order chi connectivity index (χ1) is 8.24. The number of halogens is 1.